The molecule has 296 valence electrons. The lowest BCUT2D eigenvalue weighted by molar-refractivity contribution is -0.156. The van der Waals surface area contributed by atoms with Crippen molar-refractivity contribution in [3.8, 4) is 16.9 Å². The monoisotopic (exact) mass is 784 g/mol. The van der Waals surface area contributed by atoms with Crippen molar-refractivity contribution in [1.82, 2.24) is 20.3 Å². The molecule has 0 saturated heterocycles. The van der Waals surface area contributed by atoms with Crippen LogP contribution in [0.4, 0.5) is 4.79 Å². The maximum absolute atomic E-state index is 14.8. The minimum atomic E-state index is -4.27. The van der Waals surface area contributed by atoms with Crippen LogP contribution in [0.5, 0.6) is 5.75 Å². The molecule has 2 aromatic heterocycles. The number of benzene rings is 2. The van der Waals surface area contributed by atoms with Crippen LogP contribution in [0.15, 0.2) is 46.6 Å². The van der Waals surface area contributed by atoms with Crippen molar-refractivity contribution in [2.45, 2.75) is 105 Å². The predicted molar refractivity (Wildman–Crippen MR) is 218 cm³/mol. The van der Waals surface area contributed by atoms with Crippen molar-refractivity contribution in [2.24, 2.45) is 0 Å². The molecule has 4 aromatic rings. The number of likely N-dealkylation sites (N-methyl/N-ethyl adjacent to an activating group) is 1. The Kier molecular flexibility index (Phi) is 14.2. The van der Waals surface area contributed by atoms with E-state index in [1.165, 1.54) is 11.3 Å². The van der Waals surface area contributed by atoms with Gasteiger partial charge in [-0.25, -0.2) is 9.36 Å². The number of rotatable bonds is 16. The van der Waals surface area contributed by atoms with E-state index in [2.05, 4.69) is 39.3 Å². The molecule has 3 N–H and O–H groups in total. The number of thiophene rings is 1. The molecular formula is C40H57N4O8PS. The number of nitrogens with one attached hydrogen (secondary N) is 3. The van der Waals surface area contributed by atoms with Gasteiger partial charge >= 0.3 is 19.8 Å². The first-order valence-electron chi connectivity index (χ1n) is 18.4. The van der Waals surface area contributed by atoms with Gasteiger partial charge in [0.05, 0.1) is 12.1 Å². The van der Waals surface area contributed by atoms with Crippen molar-refractivity contribution in [3.05, 3.63) is 63.3 Å². The largest absolute Gasteiger partial charge is 0.459 e. The van der Waals surface area contributed by atoms with E-state index >= 15 is 0 Å². The Morgan fingerprint density at radius 3 is 2.26 bits per heavy atom. The van der Waals surface area contributed by atoms with Crippen molar-refractivity contribution >= 4 is 52.1 Å². The highest BCUT2D eigenvalue weighted by molar-refractivity contribution is 7.52. The number of amides is 1. The highest BCUT2D eigenvalue weighted by Gasteiger charge is 2.35. The first-order valence-corrected chi connectivity index (χ1v) is 20.8. The van der Waals surface area contributed by atoms with Crippen LogP contribution >= 0.6 is 19.1 Å². The molecule has 0 aliphatic heterocycles. The number of carbonyl (C=O) groups excluding carboxylic acids is 2. The summed E-state index contributed by atoms with van der Waals surface area (Å²) < 4.78 is 38.8. The summed E-state index contributed by atoms with van der Waals surface area (Å²) in [6.45, 7) is 17.6. The van der Waals surface area contributed by atoms with Gasteiger partial charge in [0, 0.05) is 29.4 Å². The van der Waals surface area contributed by atoms with Crippen molar-refractivity contribution in [1.29, 1.82) is 0 Å². The number of H-pyrrole nitrogens is 1. The van der Waals surface area contributed by atoms with Gasteiger partial charge in [-0.1, -0.05) is 31.2 Å². The van der Waals surface area contributed by atoms with Crippen molar-refractivity contribution < 1.29 is 32.7 Å². The fourth-order valence-corrected chi connectivity index (χ4v) is 8.38. The molecule has 14 heteroatoms. The average Bonchev–Trinajstić information content (AvgIpc) is 3.54. The van der Waals surface area contributed by atoms with E-state index in [0.717, 1.165) is 28.4 Å². The number of pyridine rings is 1. The number of hydrogen-bond acceptors (Lipinski definition) is 10. The summed E-state index contributed by atoms with van der Waals surface area (Å²) in [5, 5.41) is 8.95. The van der Waals surface area contributed by atoms with Gasteiger partial charge in [-0.05, 0) is 129 Å². The van der Waals surface area contributed by atoms with Gasteiger partial charge in [0.15, 0.2) is 0 Å². The minimum absolute atomic E-state index is 0.0419. The third kappa shape index (κ3) is 11.9. The highest BCUT2D eigenvalue weighted by Crippen LogP contribution is 2.51. The number of aromatic amines is 1. The number of aryl methyl sites for hydroxylation is 1. The van der Waals surface area contributed by atoms with Crippen molar-refractivity contribution in [2.75, 3.05) is 33.8 Å². The second-order valence-electron chi connectivity index (χ2n) is 16.0. The van der Waals surface area contributed by atoms with E-state index in [1.807, 2.05) is 44.6 Å². The van der Waals surface area contributed by atoms with Crippen LogP contribution in [0.3, 0.4) is 0 Å². The second kappa shape index (κ2) is 17.8. The number of carbonyl (C=O) groups is 2. The molecule has 0 aliphatic carbocycles. The van der Waals surface area contributed by atoms with E-state index in [4.69, 9.17) is 18.5 Å². The molecule has 12 nitrogen and oxygen atoms in total. The summed E-state index contributed by atoms with van der Waals surface area (Å²) in [7, 11) is -0.182. The smallest absolute Gasteiger partial charge is 0.459 e. The fraction of sp³-hybridized carbons (Fsp3) is 0.525. The summed E-state index contributed by atoms with van der Waals surface area (Å²) in [6, 6.07) is 10.8. The van der Waals surface area contributed by atoms with Gasteiger partial charge in [-0.2, -0.15) is 5.09 Å². The van der Waals surface area contributed by atoms with E-state index < -0.39 is 37.1 Å². The van der Waals surface area contributed by atoms with Crippen LogP contribution in [0.2, 0.25) is 0 Å². The fourth-order valence-electron chi connectivity index (χ4n) is 6.05. The molecule has 0 saturated carbocycles. The maximum Gasteiger partial charge on any atom is 0.459 e. The van der Waals surface area contributed by atoms with Gasteiger partial charge in [-0.15, -0.1) is 11.3 Å². The standard InChI is InChI=1S/C40H57N4O8PS/c1-25-23-31(32(29-17-15-28(16-18-29)26(2)24-44(10)11)33-30-19-22-54-35(30)36(45)42-34(25)33)52-53(48,43-27(3)37(46)50-39(4,5)6)49-21-14-12-13-20-41-38(47)51-40(7,8)9/h15-19,22-23,26-27H,12-14,20-21,24H2,1-11H3,(H,41,47)(H,42,45)(H,43,48)/t26-,27?,53?/m0/s1. The molecule has 2 heterocycles. The van der Waals surface area contributed by atoms with E-state index in [9.17, 15) is 18.9 Å². The summed E-state index contributed by atoms with van der Waals surface area (Å²) in [5.74, 6) is -0.0693. The Morgan fingerprint density at radius 2 is 1.63 bits per heavy atom. The Balaban J connectivity index is 1.71. The van der Waals surface area contributed by atoms with Crippen LogP contribution in [-0.2, 0) is 23.4 Å². The Bertz CT molecular complexity index is 2030. The third-order valence-electron chi connectivity index (χ3n) is 8.36. The number of esters is 1. The molecule has 0 aliphatic rings. The van der Waals surface area contributed by atoms with Gasteiger partial charge in [0.25, 0.3) is 5.56 Å². The van der Waals surface area contributed by atoms with Gasteiger partial charge < -0.3 is 29.2 Å². The van der Waals surface area contributed by atoms with Crippen LogP contribution < -0.4 is 20.5 Å². The van der Waals surface area contributed by atoms with Crippen LogP contribution in [0.1, 0.15) is 91.7 Å². The summed E-state index contributed by atoms with van der Waals surface area (Å²) in [4.78, 5) is 43.5. The molecule has 0 fully saturated rings. The lowest BCUT2D eigenvalue weighted by atomic mass is 9.93. The molecule has 0 spiro atoms. The van der Waals surface area contributed by atoms with E-state index in [0.29, 0.717) is 47.2 Å². The van der Waals surface area contributed by atoms with Gasteiger partial charge in [-0.3, -0.25) is 14.1 Å². The predicted octanol–water partition coefficient (Wildman–Crippen LogP) is 8.90. The number of aromatic nitrogens is 1. The lowest BCUT2D eigenvalue weighted by Crippen LogP contribution is -2.38. The van der Waals surface area contributed by atoms with Crippen molar-refractivity contribution in [3.63, 3.8) is 0 Å². The zero-order chi connectivity index (χ0) is 40.0. The van der Waals surface area contributed by atoms with E-state index in [1.54, 1.807) is 54.5 Å². The maximum atomic E-state index is 14.8. The first kappa shape index (κ1) is 43.0. The molecule has 0 radical (unpaired) electrons. The third-order valence-corrected chi connectivity index (χ3v) is 10.9. The highest BCUT2D eigenvalue weighted by atomic mass is 32.1. The summed E-state index contributed by atoms with van der Waals surface area (Å²) in [5.41, 5.74) is 2.37. The minimum Gasteiger partial charge on any atom is -0.459 e. The second-order valence-corrected chi connectivity index (χ2v) is 18.6. The molecule has 3 atom stereocenters. The molecule has 2 unspecified atom stereocenters. The molecule has 4 rings (SSSR count). The van der Waals surface area contributed by atoms with Crippen LogP contribution in [-0.4, -0.2) is 73.0 Å². The Labute approximate surface area is 322 Å². The molecule has 1 amide bonds. The first-order chi connectivity index (χ1) is 25.2. The number of alkyl carbamates (subject to hydrolysis) is 1. The number of unbranched alkanes of at least 4 members (excludes halogenated alkanes) is 2. The summed E-state index contributed by atoms with van der Waals surface area (Å²) >= 11 is 1.35. The number of ether oxygens (including phenoxy) is 2. The SMILES string of the molecule is Cc1cc(OP(=O)(NC(C)C(=O)OC(C)(C)C)OCCCCCNC(=O)OC(C)(C)C)c(-c2ccc([C@@H](C)CN(C)C)cc2)c2c1[nH]c(=O)c1sccc12. The quantitative estimate of drug-likeness (QED) is 0.0572. The summed E-state index contributed by atoms with van der Waals surface area (Å²) in [6.07, 6.45) is 1.31. The number of nitrogens with zero attached hydrogens (tertiary/aromatic N) is 1. The molecule has 0 bridgehead atoms. The van der Waals surface area contributed by atoms with Crippen LogP contribution in [0, 0.1) is 6.92 Å². The van der Waals surface area contributed by atoms with Crippen LogP contribution in [0.25, 0.3) is 32.1 Å². The Morgan fingerprint density at radius 1 is 0.963 bits per heavy atom. The average molecular weight is 785 g/mol. The molecular weight excluding hydrogens is 728 g/mol. The molecule has 54 heavy (non-hydrogen) atoms. The zero-order valence-electron chi connectivity index (χ0n) is 33.5. The zero-order valence-corrected chi connectivity index (χ0v) is 35.2. The number of hydrogen-bond donors (Lipinski definition) is 3. The van der Waals surface area contributed by atoms with Gasteiger partial charge in [0.1, 0.15) is 27.7 Å². The lowest BCUT2D eigenvalue weighted by Gasteiger charge is -2.27. The number of fused-ring (bicyclic) bond motifs is 3. The topological polar surface area (TPSA) is 148 Å². The molecule has 2 aromatic carbocycles. The van der Waals surface area contributed by atoms with Gasteiger partial charge in [0.2, 0.25) is 0 Å². The normalized spacial score (nSPS) is 14.5. The Hall–Kier alpha value is -3.74. The van der Waals surface area contributed by atoms with E-state index in [-0.39, 0.29) is 23.8 Å².